The Bertz CT molecular complexity index is 1220. The van der Waals surface area contributed by atoms with Crippen LogP contribution >= 0.6 is 11.6 Å². The van der Waals surface area contributed by atoms with Gasteiger partial charge in [0.05, 0.1) is 6.10 Å². The predicted molar refractivity (Wildman–Crippen MR) is 143 cm³/mol. The lowest BCUT2D eigenvalue weighted by atomic mass is 10.1. The van der Waals surface area contributed by atoms with E-state index < -0.39 is 49.4 Å². The fourth-order valence-electron chi connectivity index (χ4n) is 3.69. The van der Waals surface area contributed by atoms with Crippen molar-refractivity contribution in [3.05, 3.63) is 58.6 Å². The lowest BCUT2D eigenvalue weighted by Crippen LogP contribution is -2.56. The summed E-state index contributed by atoms with van der Waals surface area (Å²) in [4.78, 5) is 48.7. The van der Waals surface area contributed by atoms with Gasteiger partial charge in [0.25, 0.3) is 0 Å². The number of esters is 4. The van der Waals surface area contributed by atoms with Crippen LogP contribution in [0, 0.1) is 0 Å². The number of halogens is 1. The molecule has 2 aromatic rings. The summed E-state index contributed by atoms with van der Waals surface area (Å²) in [6, 6.07) is 11.7. The van der Waals surface area contributed by atoms with E-state index in [2.05, 4.69) is 5.32 Å². The van der Waals surface area contributed by atoms with E-state index in [4.69, 9.17) is 40.0 Å². The van der Waals surface area contributed by atoms with Gasteiger partial charge in [0.1, 0.15) is 0 Å². The van der Waals surface area contributed by atoms with Gasteiger partial charge in [-0.2, -0.15) is 0 Å². The zero-order valence-electron chi connectivity index (χ0n) is 22.8. The minimum absolute atomic E-state index is 0.0432. The number of hydrogen-bond donors (Lipinski definition) is 2. The molecule has 1 heterocycles. The van der Waals surface area contributed by atoms with E-state index in [0.29, 0.717) is 17.0 Å². The lowest BCUT2D eigenvalue weighted by Gasteiger charge is -2.22. The van der Waals surface area contributed by atoms with E-state index in [1.807, 2.05) is 6.92 Å². The third-order valence-electron chi connectivity index (χ3n) is 5.89. The summed E-state index contributed by atoms with van der Waals surface area (Å²) in [6.07, 6.45) is -0.192. The third-order valence-corrected chi connectivity index (χ3v) is 6.12. The lowest BCUT2D eigenvalue weighted by molar-refractivity contribution is -0.214. The highest BCUT2D eigenvalue weighted by Gasteiger charge is 2.60. The molecule has 222 valence electrons. The van der Waals surface area contributed by atoms with Gasteiger partial charge >= 0.3 is 29.7 Å². The third kappa shape index (κ3) is 8.56. The summed E-state index contributed by atoms with van der Waals surface area (Å²) in [6.45, 7) is 3.72. The monoisotopic (exact) mass is 593 g/mol. The Labute approximate surface area is 241 Å². The van der Waals surface area contributed by atoms with Gasteiger partial charge in [0, 0.05) is 30.5 Å². The molecule has 2 N–H and O–H groups in total. The van der Waals surface area contributed by atoms with Gasteiger partial charge in [-0.25, -0.2) is 9.59 Å². The highest BCUT2D eigenvalue weighted by Crippen LogP contribution is 2.41. The van der Waals surface area contributed by atoms with E-state index in [1.54, 1.807) is 50.2 Å². The van der Waals surface area contributed by atoms with Gasteiger partial charge in [0.2, 0.25) is 13.6 Å². The second-order valence-corrected chi connectivity index (χ2v) is 9.46. The largest absolute Gasteiger partial charge is 0.453 e. The Hall–Kier alpha value is -3.87. The number of rotatable bonds is 14. The topological polar surface area (TPSA) is 156 Å². The summed E-state index contributed by atoms with van der Waals surface area (Å²) in [5.41, 5.74) is 1.44. The van der Waals surface area contributed by atoms with Crippen LogP contribution < -0.4 is 14.8 Å². The Morgan fingerprint density at radius 1 is 0.902 bits per heavy atom. The molecule has 0 saturated heterocycles. The first-order valence-electron chi connectivity index (χ1n) is 12.9. The van der Waals surface area contributed by atoms with Crippen molar-refractivity contribution in [3.63, 3.8) is 0 Å². The smallest absolute Gasteiger partial charge is 0.431 e. The molecule has 0 fully saturated rings. The summed E-state index contributed by atoms with van der Waals surface area (Å²) < 4.78 is 30.5. The quantitative estimate of drug-likeness (QED) is 0.188. The molecule has 1 aliphatic rings. The molecule has 0 radical (unpaired) electrons. The first-order chi connectivity index (χ1) is 19.6. The first-order valence-corrected chi connectivity index (χ1v) is 13.3. The van der Waals surface area contributed by atoms with Crippen LogP contribution in [-0.4, -0.2) is 60.9 Å². The summed E-state index contributed by atoms with van der Waals surface area (Å²) in [5, 5.41) is 14.2. The van der Waals surface area contributed by atoms with Crippen LogP contribution in [0.4, 0.5) is 0 Å². The van der Waals surface area contributed by atoms with E-state index in [9.17, 15) is 24.3 Å². The molecule has 0 aliphatic carbocycles. The molecule has 0 unspecified atom stereocenters. The van der Waals surface area contributed by atoms with Gasteiger partial charge in [-0.15, -0.1) is 0 Å². The van der Waals surface area contributed by atoms with Crippen LogP contribution in [0.2, 0.25) is 5.02 Å². The second-order valence-electron chi connectivity index (χ2n) is 9.03. The van der Waals surface area contributed by atoms with Crippen molar-refractivity contribution in [2.24, 2.45) is 0 Å². The van der Waals surface area contributed by atoms with Crippen LogP contribution in [-0.2, 0) is 44.5 Å². The number of hydrogen-bond acceptors (Lipinski definition) is 12. The molecule has 2 aromatic carbocycles. The number of carbonyl (C=O) groups excluding carboxylic acids is 4. The van der Waals surface area contributed by atoms with E-state index in [1.165, 1.54) is 6.07 Å². The molecule has 3 rings (SSSR count). The minimum atomic E-state index is -2.72. The molecule has 13 heteroatoms. The van der Waals surface area contributed by atoms with Gasteiger partial charge in [0.15, 0.2) is 11.5 Å². The molecule has 0 saturated carbocycles. The maximum atomic E-state index is 12.9. The zero-order valence-corrected chi connectivity index (χ0v) is 23.6. The molecule has 0 amide bonds. The maximum absolute atomic E-state index is 12.9. The van der Waals surface area contributed by atoms with Gasteiger partial charge < -0.3 is 38.8 Å². The number of carbonyl (C=O) groups is 4. The molecule has 2 atom stereocenters. The second kappa shape index (κ2) is 14.7. The van der Waals surface area contributed by atoms with Crippen LogP contribution in [0.15, 0.2) is 42.5 Å². The Morgan fingerprint density at radius 2 is 1.51 bits per heavy atom. The minimum Gasteiger partial charge on any atom is -0.431 e. The number of aliphatic hydroxyl groups excluding tert-OH is 1. The first kappa shape index (κ1) is 31.7. The Morgan fingerprint density at radius 3 is 2.10 bits per heavy atom. The molecule has 1 aliphatic heterocycles. The molecular weight excluding hydrogens is 562 g/mol. The van der Waals surface area contributed by atoms with Crippen molar-refractivity contribution in [3.8, 4) is 11.5 Å². The predicted octanol–water partition coefficient (Wildman–Crippen LogP) is 2.97. The van der Waals surface area contributed by atoms with Crippen molar-refractivity contribution in [2.45, 2.75) is 58.0 Å². The number of benzene rings is 2. The molecule has 41 heavy (non-hydrogen) atoms. The van der Waals surface area contributed by atoms with Crippen molar-refractivity contribution in [2.75, 3.05) is 20.1 Å². The number of ether oxygens (including phenoxy) is 6. The van der Waals surface area contributed by atoms with Crippen LogP contribution in [0.1, 0.15) is 50.8 Å². The standard InChI is InChI=1S/C28H32ClNO11/c1-4-24(32)36-15-38-26(34)28(27(35)39-16-37-25(33)5-2)40-22-10-9-18(12-23(22)41-28)11-17(3)30-14-21(31)19-7-6-8-20(29)13-19/h6-10,12-13,17,21,30-31H,4-5,11,14-16H2,1-3H3/t17-,21+/m1/s1. The molecule has 12 nitrogen and oxygen atoms in total. The SMILES string of the molecule is CCC(=O)OCOC(=O)C1(C(=O)OCOC(=O)CC)Oc2ccc(C[C@@H](C)NC[C@H](O)c3cccc(Cl)c3)cc2O1. The average molecular weight is 594 g/mol. The molecular formula is C28H32ClNO11. The van der Waals surface area contributed by atoms with Crippen LogP contribution in [0.5, 0.6) is 11.5 Å². The van der Waals surface area contributed by atoms with Crippen molar-refractivity contribution >= 4 is 35.5 Å². The van der Waals surface area contributed by atoms with E-state index >= 15 is 0 Å². The highest BCUT2D eigenvalue weighted by molar-refractivity contribution is 6.30. The Balaban J connectivity index is 1.67. The fraction of sp³-hybridized carbons (Fsp3) is 0.429. The number of aliphatic hydroxyl groups is 1. The zero-order chi connectivity index (χ0) is 30.0. The van der Waals surface area contributed by atoms with Gasteiger partial charge in [-0.3, -0.25) is 9.59 Å². The summed E-state index contributed by atoms with van der Waals surface area (Å²) in [7, 11) is 0. The maximum Gasteiger partial charge on any atom is 0.453 e. The normalized spacial score (nSPS) is 14.5. The average Bonchev–Trinajstić information content (AvgIpc) is 3.35. The van der Waals surface area contributed by atoms with Crippen molar-refractivity contribution < 1.29 is 52.7 Å². The van der Waals surface area contributed by atoms with Crippen LogP contribution in [0.3, 0.4) is 0 Å². The van der Waals surface area contributed by atoms with Crippen molar-refractivity contribution in [1.82, 2.24) is 5.32 Å². The molecule has 0 aromatic heterocycles. The molecule has 0 bridgehead atoms. The highest BCUT2D eigenvalue weighted by atomic mass is 35.5. The van der Waals surface area contributed by atoms with Gasteiger partial charge in [-0.05, 0) is 48.7 Å². The summed E-state index contributed by atoms with van der Waals surface area (Å²) >= 11 is 6.00. The summed E-state index contributed by atoms with van der Waals surface area (Å²) in [5.74, 6) is -6.56. The fourth-order valence-corrected chi connectivity index (χ4v) is 3.88. The Kier molecular flexibility index (Phi) is 11.3. The number of nitrogens with one attached hydrogen (secondary N) is 1. The number of fused-ring (bicyclic) bond motifs is 1. The van der Waals surface area contributed by atoms with E-state index in [0.717, 1.165) is 5.56 Å². The van der Waals surface area contributed by atoms with E-state index in [-0.39, 0.29) is 36.9 Å². The molecule has 0 spiro atoms. The van der Waals surface area contributed by atoms with Crippen molar-refractivity contribution in [1.29, 1.82) is 0 Å². The van der Waals surface area contributed by atoms with Crippen LogP contribution in [0.25, 0.3) is 0 Å². The van der Waals surface area contributed by atoms with Gasteiger partial charge in [-0.1, -0.05) is 43.6 Å².